The number of aromatic nitrogens is 3. The molecule has 2 heterocycles. The molecule has 0 unspecified atom stereocenters. The number of hydrogen-bond acceptors (Lipinski definition) is 3. The van der Waals surface area contributed by atoms with E-state index in [9.17, 15) is 0 Å². The number of pyridine rings is 1. The lowest BCUT2D eigenvalue weighted by Gasteiger charge is -2.00. The lowest BCUT2D eigenvalue weighted by molar-refractivity contribution is 0.774. The van der Waals surface area contributed by atoms with Gasteiger partial charge in [-0.2, -0.15) is 0 Å². The van der Waals surface area contributed by atoms with Gasteiger partial charge in [0.05, 0.1) is 0 Å². The predicted molar refractivity (Wildman–Crippen MR) is 74.4 cm³/mol. The third-order valence-corrected chi connectivity index (χ3v) is 2.38. The van der Waals surface area contributed by atoms with Crippen LogP contribution in [0.2, 0.25) is 0 Å². The molecule has 18 heavy (non-hydrogen) atoms. The maximum absolute atomic E-state index is 4.18. The summed E-state index contributed by atoms with van der Waals surface area (Å²) in [5.74, 6) is 1.90. The van der Waals surface area contributed by atoms with Gasteiger partial charge in [0.15, 0.2) is 0 Å². The van der Waals surface area contributed by atoms with Crippen LogP contribution in [0.15, 0.2) is 42.9 Å². The van der Waals surface area contributed by atoms with Crippen LogP contribution in [0.4, 0.5) is 0 Å². The minimum Gasteiger partial charge on any atom is -0.261 e. The van der Waals surface area contributed by atoms with E-state index in [1.54, 1.807) is 12.4 Å². The average molecular weight is 243 g/mol. The lowest BCUT2D eigenvalue weighted by Crippen LogP contribution is -1.93. The summed E-state index contributed by atoms with van der Waals surface area (Å²) in [7, 11) is 0. The van der Waals surface area contributed by atoms with E-state index in [2.05, 4.69) is 42.6 Å². The second-order valence-corrected chi connectivity index (χ2v) is 4.67. The van der Waals surface area contributed by atoms with E-state index in [1.807, 2.05) is 30.5 Å². The Balaban J connectivity index is 0.000000180. The molecule has 0 saturated carbocycles. The third-order valence-electron chi connectivity index (χ3n) is 2.38. The van der Waals surface area contributed by atoms with Crippen molar-refractivity contribution >= 4 is 0 Å². The van der Waals surface area contributed by atoms with Gasteiger partial charge in [0.1, 0.15) is 5.82 Å². The summed E-state index contributed by atoms with van der Waals surface area (Å²) in [4.78, 5) is 12.3. The molecule has 0 bridgehead atoms. The Kier molecular flexibility index (Phi) is 5.98. The second kappa shape index (κ2) is 7.54. The first-order valence-corrected chi connectivity index (χ1v) is 6.29. The molecule has 0 N–H and O–H groups in total. The molecule has 0 aromatic carbocycles. The second-order valence-electron chi connectivity index (χ2n) is 4.67. The number of hydrogen-bond donors (Lipinski definition) is 0. The molecular formula is C15H21N3. The molecular weight excluding hydrogens is 222 g/mol. The maximum atomic E-state index is 4.18. The van der Waals surface area contributed by atoms with E-state index in [1.165, 1.54) is 0 Å². The van der Waals surface area contributed by atoms with Gasteiger partial charge in [-0.15, -0.1) is 0 Å². The molecule has 2 aromatic heterocycles. The molecule has 0 aliphatic carbocycles. The fourth-order valence-electron chi connectivity index (χ4n) is 1.33. The van der Waals surface area contributed by atoms with Crippen molar-refractivity contribution in [2.45, 2.75) is 39.5 Å². The first-order chi connectivity index (χ1) is 8.61. The molecule has 0 saturated heterocycles. The normalized spacial score (nSPS) is 10.1. The Labute approximate surface area is 109 Å². The standard InChI is InChI=1S/C8H11N.C7H10N2/c1-7(2)8-5-3-4-6-9-8;1-6(2)7-8-4-3-5-9-7/h3-7H,1-2H3;3-6H,1-2H3. The summed E-state index contributed by atoms with van der Waals surface area (Å²) in [6.45, 7) is 8.44. The van der Waals surface area contributed by atoms with Crippen molar-refractivity contribution in [1.82, 2.24) is 15.0 Å². The zero-order chi connectivity index (χ0) is 13.4. The Hall–Kier alpha value is -1.77. The average Bonchev–Trinajstić information content (AvgIpc) is 2.41. The zero-order valence-corrected chi connectivity index (χ0v) is 11.5. The molecule has 3 heteroatoms. The molecule has 0 atom stereocenters. The minimum atomic E-state index is 0.436. The monoisotopic (exact) mass is 243 g/mol. The smallest absolute Gasteiger partial charge is 0.130 e. The van der Waals surface area contributed by atoms with Gasteiger partial charge in [0.2, 0.25) is 0 Å². The Morgan fingerprint density at radius 3 is 1.67 bits per heavy atom. The molecule has 2 rings (SSSR count). The van der Waals surface area contributed by atoms with Gasteiger partial charge < -0.3 is 0 Å². The van der Waals surface area contributed by atoms with Crippen molar-refractivity contribution in [3.8, 4) is 0 Å². The Morgan fingerprint density at radius 2 is 1.33 bits per heavy atom. The summed E-state index contributed by atoms with van der Waals surface area (Å²) in [5.41, 5.74) is 1.16. The van der Waals surface area contributed by atoms with Crippen molar-refractivity contribution in [2.24, 2.45) is 0 Å². The van der Waals surface area contributed by atoms with Crippen LogP contribution < -0.4 is 0 Å². The van der Waals surface area contributed by atoms with Gasteiger partial charge in [-0.25, -0.2) is 9.97 Å². The zero-order valence-electron chi connectivity index (χ0n) is 11.5. The van der Waals surface area contributed by atoms with Crippen molar-refractivity contribution in [1.29, 1.82) is 0 Å². The summed E-state index contributed by atoms with van der Waals surface area (Å²) < 4.78 is 0. The molecule has 0 aliphatic heterocycles. The molecule has 96 valence electrons. The van der Waals surface area contributed by atoms with E-state index in [0.29, 0.717) is 11.8 Å². The van der Waals surface area contributed by atoms with Crippen LogP contribution in [-0.4, -0.2) is 15.0 Å². The molecule has 3 nitrogen and oxygen atoms in total. The van der Waals surface area contributed by atoms with Crippen LogP contribution in [0.3, 0.4) is 0 Å². The van der Waals surface area contributed by atoms with Gasteiger partial charge in [0.25, 0.3) is 0 Å². The molecule has 2 aromatic rings. The highest BCUT2D eigenvalue weighted by Gasteiger charge is 1.97. The summed E-state index contributed by atoms with van der Waals surface area (Å²) in [5, 5.41) is 0. The first kappa shape index (κ1) is 14.3. The van der Waals surface area contributed by atoms with Crippen LogP contribution in [0.5, 0.6) is 0 Å². The highest BCUT2D eigenvalue weighted by Crippen LogP contribution is 2.08. The highest BCUT2D eigenvalue weighted by molar-refractivity contribution is 5.06. The topological polar surface area (TPSA) is 38.7 Å². The first-order valence-electron chi connectivity index (χ1n) is 6.29. The van der Waals surface area contributed by atoms with E-state index in [-0.39, 0.29) is 0 Å². The third kappa shape index (κ3) is 5.04. The van der Waals surface area contributed by atoms with Crippen LogP contribution in [-0.2, 0) is 0 Å². The van der Waals surface area contributed by atoms with E-state index < -0.39 is 0 Å². The van der Waals surface area contributed by atoms with Gasteiger partial charge in [-0.3, -0.25) is 4.98 Å². The van der Waals surface area contributed by atoms with E-state index in [0.717, 1.165) is 11.5 Å². The molecule has 0 amide bonds. The van der Waals surface area contributed by atoms with Crippen LogP contribution in [0.25, 0.3) is 0 Å². The van der Waals surface area contributed by atoms with Gasteiger partial charge >= 0.3 is 0 Å². The Bertz CT molecular complexity index is 381. The number of rotatable bonds is 2. The van der Waals surface area contributed by atoms with Crippen LogP contribution in [0.1, 0.15) is 51.0 Å². The summed E-state index contributed by atoms with van der Waals surface area (Å²) in [6, 6.07) is 7.82. The van der Waals surface area contributed by atoms with Crippen LogP contribution in [0, 0.1) is 0 Å². The van der Waals surface area contributed by atoms with Gasteiger partial charge in [-0.05, 0) is 24.1 Å². The predicted octanol–water partition coefficient (Wildman–Crippen LogP) is 3.81. The van der Waals surface area contributed by atoms with Gasteiger partial charge in [-0.1, -0.05) is 33.8 Å². The Morgan fingerprint density at radius 1 is 0.722 bits per heavy atom. The largest absolute Gasteiger partial charge is 0.261 e. The number of nitrogens with zero attached hydrogens (tertiary/aromatic N) is 3. The maximum Gasteiger partial charge on any atom is 0.130 e. The SMILES string of the molecule is CC(C)c1ccccn1.CC(C)c1ncccn1. The molecule has 0 aliphatic rings. The minimum absolute atomic E-state index is 0.436. The van der Waals surface area contributed by atoms with Crippen molar-refractivity contribution in [3.63, 3.8) is 0 Å². The summed E-state index contributed by atoms with van der Waals surface area (Å²) >= 11 is 0. The van der Waals surface area contributed by atoms with Crippen LogP contribution >= 0.6 is 0 Å². The fraction of sp³-hybridized carbons (Fsp3) is 0.400. The van der Waals surface area contributed by atoms with E-state index >= 15 is 0 Å². The molecule has 0 spiro atoms. The lowest BCUT2D eigenvalue weighted by atomic mass is 10.1. The summed E-state index contributed by atoms with van der Waals surface area (Å²) in [6.07, 6.45) is 5.36. The fourth-order valence-corrected chi connectivity index (χ4v) is 1.33. The van der Waals surface area contributed by atoms with Gasteiger partial charge in [0, 0.05) is 30.2 Å². The highest BCUT2D eigenvalue weighted by atomic mass is 14.9. The quantitative estimate of drug-likeness (QED) is 0.805. The van der Waals surface area contributed by atoms with Crippen molar-refractivity contribution in [3.05, 3.63) is 54.4 Å². The molecule has 0 radical (unpaired) electrons. The molecule has 0 fully saturated rings. The van der Waals surface area contributed by atoms with Crippen molar-refractivity contribution in [2.75, 3.05) is 0 Å². The van der Waals surface area contributed by atoms with Crippen molar-refractivity contribution < 1.29 is 0 Å². The van der Waals surface area contributed by atoms with E-state index in [4.69, 9.17) is 0 Å².